The number of anilines is 2. The zero-order valence-corrected chi connectivity index (χ0v) is 13.1. The summed E-state index contributed by atoms with van der Waals surface area (Å²) in [6, 6.07) is 10.0. The summed E-state index contributed by atoms with van der Waals surface area (Å²) >= 11 is 5.68. The molecular weight excluding hydrogens is 335 g/mol. The summed E-state index contributed by atoms with van der Waals surface area (Å²) in [6.45, 7) is 0. The van der Waals surface area contributed by atoms with E-state index in [1.54, 1.807) is 18.2 Å². The summed E-state index contributed by atoms with van der Waals surface area (Å²) in [7, 11) is 0. The first-order valence-electron chi connectivity index (χ1n) is 7.18. The third-order valence-electron chi connectivity index (χ3n) is 3.60. The van der Waals surface area contributed by atoms with Gasteiger partial charge in [0, 0.05) is 24.1 Å². The lowest BCUT2D eigenvalue weighted by atomic mass is 10.1. The number of nitrogens with one attached hydrogen (secondary N) is 1. The van der Waals surface area contributed by atoms with Crippen molar-refractivity contribution in [3.05, 3.63) is 58.9 Å². The van der Waals surface area contributed by atoms with E-state index in [1.165, 1.54) is 18.2 Å². The van der Waals surface area contributed by atoms with Crippen LogP contribution >= 0.6 is 11.6 Å². The molecule has 2 aromatic rings. The molecule has 24 heavy (non-hydrogen) atoms. The minimum Gasteiger partial charge on any atom is -0.322 e. The molecule has 3 amide bonds. The molecule has 3 rings (SSSR count). The smallest absolute Gasteiger partial charge is 0.255 e. The molecule has 1 aliphatic heterocycles. The molecule has 0 saturated carbocycles. The van der Waals surface area contributed by atoms with Crippen LogP contribution < -0.4 is 10.2 Å². The number of imide groups is 1. The molecule has 0 atom stereocenters. The quantitative estimate of drug-likeness (QED) is 0.866. The number of carbonyl (C=O) groups is 3. The molecule has 0 radical (unpaired) electrons. The van der Waals surface area contributed by atoms with Crippen molar-refractivity contribution in [2.45, 2.75) is 12.8 Å². The average Bonchev–Trinajstić information content (AvgIpc) is 2.90. The van der Waals surface area contributed by atoms with E-state index in [1.807, 2.05) is 0 Å². The predicted molar refractivity (Wildman–Crippen MR) is 87.5 cm³/mol. The van der Waals surface area contributed by atoms with Crippen LogP contribution in [0.15, 0.2) is 42.5 Å². The van der Waals surface area contributed by atoms with Gasteiger partial charge in [0.15, 0.2) is 0 Å². The van der Waals surface area contributed by atoms with E-state index < -0.39 is 11.7 Å². The lowest BCUT2D eigenvalue weighted by molar-refractivity contribution is -0.121. The van der Waals surface area contributed by atoms with Crippen LogP contribution in [0.5, 0.6) is 0 Å². The molecule has 7 heteroatoms. The highest BCUT2D eigenvalue weighted by molar-refractivity contribution is 6.31. The van der Waals surface area contributed by atoms with Crippen molar-refractivity contribution in [3.63, 3.8) is 0 Å². The third-order valence-corrected chi connectivity index (χ3v) is 3.89. The summed E-state index contributed by atoms with van der Waals surface area (Å²) < 4.78 is 13.1. The van der Waals surface area contributed by atoms with E-state index in [2.05, 4.69) is 5.32 Å². The molecule has 1 N–H and O–H groups in total. The zero-order chi connectivity index (χ0) is 17.3. The van der Waals surface area contributed by atoms with Gasteiger partial charge >= 0.3 is 0 Å². The maximum atomic E-state index is 13.1. The van der Waals surface area contributed by atoms with Crippen LogP contribution in [0.3, 0.4) is 0 Å². The molecule has 1 fully saturated rings. The van der Waals surface area contributed by atoms with Crippen LogP contribution in [0, 0.1) is 5.82 Å². The standard InChI is InChI=1S/C17H12ClFN2O3/c18-13-9-11(4-5-14(13)19)20-17(24)10-2-1-3-12(8-10)21-15(22)6-7-16(21)23/h1-5,8-9H,6-7H2,(H,20,24). The van der Waals surface area contributed by atoms with Crippen molar-refractivity contribution >= 4 is 40.7 Å². The van der Waals surface area contributed by atoms with Gasteiger partial charge in [0.2, 0.25) is 11.8 Å². The van der Waals surface area contributed by atoms with Gasteiger partial charge in [-0.15, -0.1) is 0 Å². The molecule has 1 saturated heterocycles. The fourth-order valence-corrected chi connectivity index (χ4v) is 2.61. The number of hydrogen-bond acceptors (Lipinski definition) is 3. The Morgan fingerprint density at radius 3 is 2.46 bits per heavy atom. The van der Waals surface area contributed by atoms with E-state index in [4.69, 9.17) is 11.6 Å². The number of hydrogen-bond donors (Lipinski definition) is 1. The predicted octanol–water partition coefficient (Wildman–Crippen LogP) is 3.38. The normalized spacial score (nSPS) is 14.2. The van der Waals surface area contributed by atoms with Gasteiger partial charge in [0.25, 0.3) is 5.91 Å². The highest BCUT2D eigenvalue weighted by atomic mass is 35.5. The molecule has 0 bridgehead atoms. The lowest BCUT2D eigenvalue weighted by Crippen LogP contribution is -2.28. The molecule has 1 heterocycles. The monoisotopic (exact) mass is 346 g/mol. The van der Waals surface area contributed by atoms with Gasteiger partial charge in [-0.2, -0.15) is 0 Å². The minimum atomic E-state index is -0.581. The molecule has 0 aliphatic carbocycles. The molecule has 0 unspecified atom stereocenters. The summed E-state index contributed by atoms with van der Waals surface area (Å²) in [5, 5.41) is 2.49. The largest absolute Gasteiger partial charge is 0.322 e. The second-order valence-corrected chi connectivity index (χ2v) is 5.66. The Kier molecular flexibility index (Phi) is 4.31. The number of nitrogens with zero attached hydrogens (tertiary/aromatic N) is 1. The van der Waals surface area contributed by atoms with Crippen molar-refractivity contribution in [1.82, 2.24) is 0 Å². The first kappa shape index (κ1) is 16.1. The number of carbonyl (C=O) groups excluding carboxylic acids is 3. The zero-order valence-electron chi connectivity index (χ0n) is 12.4. The molecule has 2 aromatic carbocycles. The van der Waals surface area contributed by atoms with Crippen LogP contribution in [-0.2, 0) is 9.59 Å². The van der Waals surface area contributed by atoms with E-state index in [0.29, 0.717) is 11.4 Å². The Balaban J connectivity index is 1.83. The van der Waals surface area contributed by atoms with Gasteiger partial charge in [-0.3, -0.25) is 19.3 Å². The van der Waals surface area contributed by atoms with Gasteiger partial charge in [-0.1, -0.05) is 17.7 Å². The fourth-order valence-electron chi connectivity index (χ4n) is 2.43. The van der Waals surface area contributed by atoms with Gasteiger partial charge in [0.05, 0.1) is 10.7 Å². The maximum absolute atomic E-state index is 13.1. The highest BCUT2D eigenvalue weighted by Crippen LogP contribution is 2.24. The number of rotatable bonds is 3. The van der Waals surface area contributed by atoms with E-state index in [-0.39, 0.29) is 35.2 Å². The summed E-state index contributed by atoms with van der Waals surface area (Å²) in [6.07, 6.45) is 0.340. The Bertz CT molecular complexity index is 837. The molecule has 1 aliphatic rings. The fraction of sp³-hybridized carbons (Fsp3) is 0.118. The summed E-state index contributed by atoms with van der Waals surface area (Å²) in [5.74, 6) is -1.62. The summed E-state index contributed by atoms with van der Waals surface area (Å²) in [4.78, 5) is 36.9. The van der Waals surface area contributed by atoms with Crippen molar-refractivity contribution < 1.29 is 18.8 Å². The Hall–Kier alpha value is -2.73. The van der Waals surface area contributed by atoms with Crippen LogP contribution in [0.1, 0.15) is 23.2 Å². The first-order chi connectivity index (χ1) is 11.5. The van der Waals surface area contributed by atoms with E-state index in [9.17, 15) is 18.8 Å². The molecule has 0 aromatic heterocycles. The van der Waals surface area contributed by atoms with Crippen LogP contribution in [0.2, 0.25) is 5.02 Å². The Labute approximate surface area is 142 Å². The summed E-state index contributed by atoms with van der Waals surface area (Å²) in [5.41, 5.74) is 0.956. The lowest BCUT2D eigenvalue weighted by Gasteiger charge is -2.15. The van der Waals surface area contributed by atoms with Crippen LogP contribution in [-0.4, -0.2) is 17.7 Å². The van der Waals surface area contributed by atoms with E-state index in [0.717, 1.165) is 11.0 Å². The second kappa shape index (κ2) is 6.41. The second-order valence-electron chi connectivity index (χ2n) is 5.26. The minimum absolute atomic E-state index is 0.102. The van der Waals surface area contributed by atoms with Gasteiger partial charge < -0.3 is 5.32 Å². The molecular formula is C17H12ClFN2O3. The molecule has 5 nitrogen and oxygen atoms in total. The van der Waals surface area contributed by atoms with Gasteiger partial charge in [-0.05, 0) is 36.4 Å². The molecule has 122 valence electrons. The third kappa shape index (κ3) is 3.14. The topological polar surface area (TPSA) is 66.5 Å². The molecule has 0 spiro atoms. The van der Waals surface area contributed by atoms with Crippen molar-refractivity contribution in [2.24, 2.45) is 0 Å². The number of halogens is 2. The van der Waals surface area contributed by atoms with Crippen LogP contribution in [0.25, 0.3) is 0 Å². The Morgan fingerprint density at radius 2 is 1.79 bits per heavy atom. The maximum Gasteiger partial charge on any atom is 0.255 e. The van der Waals surface area contributed by atoms with Crippen LogP contribution in [0.4, 0.5) is 15.8 Å². The number of benzene rings is 2. The average molecular weight is 347 g/mol. The van der Waals surface area contributed by atoms with E-state index >= 15 is 0 Å². The Morgan fingerprint density at radius 1 is 1.08 bits per heavy atom. The van der Waals surface area contributed by atoms with Crippen molar-refractivity contribution in [2.75, 3.05) is 10.2 Å². The van der Waals surface area contributed by atoms with Gasteiger partial charge in [-0.25, -0.2) is 4.39 Å². The van der Waals surface area contributed by atoms with Crippen molar-refractivity contribution in [1.29, 1.82) is 0 Å². The van der Waals surface area contributed by atoms with Gasteiger partial charge in [0.1, 0.15) is 5.82 Å². The number of amides is 3. The highest BCUT2D eigenvalue weighted by Gasteiger charge is 2.30. The first-order valence-corrected chi connectivity index (χ1v) is 7.56. The SMILES string of the molecule is O=C(Nc1ccc(F)c(Cl)c1)c1cccc(N2C(=O)CCC2=O)c1. The van der Waals surface area contributed by atoms with Crippen molar-refractivity contribution in [3.8, 4) is 0 Å².